The minimum atomic E-state index is 0.115. The van der Waals surface area contributed by atoms with Crippen molar-refractivity contribution in [2.45, 2.75) is 46.5 Å². The first kappa shape index (κ1) is 18.3. The highest BCUT2D eigenvalue weighted by Gasteiger charge is 2.23. The number of rotatable bonds is 8. The lowest BCUT2D eigenvalue weighted by Crippen LogP contribution is -2.21. The van der Waals surface area contributed by atoms with Crippen LogP contribution in [0, 0.1) is 19.8 Å². The normalized spacial score (nSPS) is 14.0. The van der Waals surface area contributed by atoms with Crippen LogP contribution in [0.15, 0.2) is 6.07 Å². The molecule has 0 saturated heterocycles. The first-order valence-corrected chi connectivity index (χ1v) is 8.11. The molecule has 0 aromatic heterocycles. The summed E-state index contributed by atoms with van der Waals surface area (Å²) in [5, 5.41) is 10.2. The molecule has 4 heteroatoms. The van der Waals surface area contributed by atoms with E-state index < -0.39 is 0 Å². The molecule has 0 aliphatic carbocycles. The fourth-order valence-electron chi connectivity index (χ4n) is 2.86. The molecule has 0 aliphatic heterocycles. The molecule has 0 bridgehead atoms. The van der Waals surface area contributed by atoms with Gasteiger partial charge in [-0.05, 0) is 69.2 Å². The zero-order chi connectivity index (χ0) is 16.0. The van der Waals surface area contributed by atoms with Gasteiger partial charge >= 0.3 is 0 Å². The third kappa shape index (κ3) is 4.35. The number of nitrogens with two attached hydrogens (primary N) is 1. The van der Waals surface area contributed by atoms with Crippen LogP contribution in [-0.2, 0) is 0 Å². The van der Waals surface area contributed by atoms with E-state index in [0.29, 0.717) is 19.1 Å². The lowest BCUT2D eigenvalue weighted by molar-refractivity contribution is 0.213. The predicted molar refractivity (Wildman–Crippen MR) is 89.4 cm³/mol. The Morgan fingerprint density at radius 1 is 1.33 bits per heavy atom. The van der Waals surface area contributed by atoms with Gasteiger partial charge in [-0.25, -0.2) is 0 Å². The molecule has 3 N–H and O–H groups in total. The number of hydrogen-bond acceptors (Lipinski definition) is 3. The molecule has 0 aliphatic rings. The van der Waals surface area contributed by atoms with Crippen LogP contribution < -0.4 is 10.5 Å². The highest BCUT2D eigenvalue weighted by atomic mass is 35.5. The maximum Gasteiger partial charge on any atom is 0.123 e. The Bertz CT molecular complexity index is 459. The summed E-state index contributed by atoms with van der Waals surface area (Å²) in [6.45, 7) is 9.43. The molecule has 1 aromatic rings. The Balaban J connectivity index is 3.26. The monoisotopic (exact) mass is 313 g/mol. The van der Waals surface area contributed by atoms with Gasteiger partial charge in [-0.1, -0.05) is 18.5 Å². The van der Waals surface area contributed by atoms with Gasteiger partial charge in [0.25, 0.3) is 0 Å². The number of halogens is 1. The first-order valence-electron chi connectivity index (χ1n) is 7.73. The number of aliphatic hydroxyl groups is 1. The topological polar surface area (TPSA) is 55.5 Å². The zero-order valence-corrected chi connectivity index (χ0v) is 14.3. The molecule has 1 aromatic carbocycles. The standard InChI is InChI=1S/C17H28ClNO2/c1-5-14(8-13(9-19)10-20)16-12(4)17(18)11(3)7-15(16)21-6-2/h7,13-14,20H,5-6,8-10,19H2,1-4H3. The van der Waals surface area contributed by atoms with Gasteiger partial charge in [0.15, 0.2) is 0 Å². The number of hydrogen-bond donors (Lipinski definition) is 2. The average Bonchev–Trinajstić information content (AvgIpc) is 2.48. The Labute approximate surface area is 133 Å². The van der Waals surface area contributed by atoms with Crippen molar-refractivity contribution in [3.8, 4) is 5.75 Å². The molecule has 0 saturated carbocycles. The van der Waals surface area contributed by atoms with E-state index in [1.54, 1.807) is 0 Å². The van der Waals surface area contributed by atoms with Crippen LogP contribution in [0.2, 0.25) is 5.02 Å². The molecular formula is C17H28ClNO2. The van der Waals surface area contributed by atoms with Crippen LogP contribution in [0.1, 0.15) is 49.3 Å². The molecule has 0 amide bonds. The van der Waals surface area contributed by atoms with Crippen LogP contribution in [0.25, 0.3) is 0 Å². The second-order valence-electron chi connectivity index (χ2n) is 5.60. The second-order valence-corrected chi connectivity index (χ2v) is 5.98. The SMILES string of the molecule is CCOc1cc(C)c(Cl)c(C)c1C(CC)CC(CN)CO. The smallest absolute Gasteiger partial charge is 0.123 e. The number of aliphatic hydroxyl groups excluding tert-OH is 1. The summed E-state index contributed by atoms with van der Waals surface area (Å²) < 4.78 is 5.83. The van der Waals surface area contributed by atoms with Crippen molar-refractivity contribution in [3.05, 3.63) is 27.8 Å². The lowest BCUT2D eigenvalue weighted by atomic mass is 9.84. The summed E-state index contributed by atoms with van der Waals surface area (Å²) in [6, 6.07) is 2.02. The maximum atomic E-state index is 9.42. The first-order chi connectivity index (χ1) is 9.99. The van der Waals surface area contributed by atoms with Crippen molar-refractivity contribution in [1.29, 1.82) is 0 Å². The van der Waals surface area contributed by atoms with Crippen molar-refractivity contribution in [3.63, 3.8) is 0 Å². The summed E-state index contributed by atoms with van der Waals surface area (Å²) in [5.41, 5.74) is 9.02. The summed E-state index contributed by atoms with van der Waals surface area (Å²) in [7, 11) is 0. The van der Waals surface area contributed by atoms with Crippen molar-refractivity contribution in [2.75, 3.05) is 19.8 Å². The fraction of sp³-hybridized carbons (Fsp3) is 0.647. The Hall–Kier alpha value is -0.770. The van der Waals surface area contributed by atoms with E-state index in [-0.39, 0.29) is 12.5 Å². The highest BCUT2D eigenvalue weighted by Crippen LogP contribution is 2.40. The van der Waals surface area contributed by atoms with Crippen LogP contribution in [0.3, 0.4) is 0 Å². The van der Waals surface area contributed by atoms with E-state index in [1.165, 1.54) is 5.56 Å². The molecule has 0 heterocycles. The van der Waals surface area contributed by atoms with Crippen molar-refractivity contribution in [2.24, 2.45) is 11.7 Å². The minimum absolute atomic E-state index is 0.115. The highest BCUT2D eigenvalue weighted by molar-refractivity contribution is 6.32. The molecule has 1 rings (SSSR count). The van der Waals surface area contributed by atoms with E-state index in [1.807, 2.05) is 26.8 Å². The van der Waals surface area contributed by atoms with E-state index >= 15 is 0 Å². The van der Waals surface area contributed by atoms with Crippen LogP contribution in [-0.4, -0.2) is 24.9 Å². The van der Waals surface area contributed by atoms with Gasteiger partial charge < -0.3 is 15.6 Å². The third-order valence-corrected chi connectivity index (χ3v) is 4.68. The molecular weight excluding hydrogens is 286 g/mol. The molecule has 2 atom stereocenters. The largest absolute Gasteiger partial charge is 0.494 e. The van der Waals surface area contributed by atoms with Crippen LogP contribution in [0.5, 0.6) is 5.75 Å². The average molecular weight is 314 g/mol. The fourth-order valence-corrected chi connectivity index (χ4v) is 3.01. The summed E-state index contributed by atoms with van der Waals surface area (Å²) in [6.07, 6.45) is 1.82. The van der Waals surface area contributed by atoms with Crippen LogP contribution >= 0.6 is 11.6 Å². The van der Waals surface area contributed by atoms with Crippen molar-refractivity contribution >= 4 is 11.6 Å². The molecule has 120 valence electrons. The van der Waals surface area contributed by atoms with Gasteiger partial charge in [0.2, 0.25) is 0 Å². The number of aryl methyl sites for hydroxylation is 1. The molecule has 2 unspecified atom stereocenters. The Morgan fingerprint density at radius 2 is 2.00 bits per heavy atom. The quantitative estimate of drug-likeness (QED) is 0.767. The van der Waals surface area contributed by atoms with Gasteiger partial charge in [-0.2, -0.15) is 0 Å². The molecule has 3 nitrogen and oxygen atoms in total. The molecule has 0 radical (unpaired) electrons. The van der Waals surface area contributed by atoms with E-state index in [2.05, 4.69) is 6.92 Å². The van der Waals surface area contributed by atoms with E-state index in [9.17, 15) is 5.11 Å². The van der Waals surface area contributed by atoms with Crippen LogP contribution in [0.4, 0.5) is 0 Å². The predicted octanol–water partition coefficient (Wildman–Crippen LogP) is 3.81. The zero-order valence-electron chi connectivity index (χ0n) is 13.6. The van der Waals surface area contributed by atoms with Gasteiger partial charge in [0, 0.05) is 17.2 Å². The molecule has 21 heavy (non-hydrogen) atoms. The van der Waals surface area contributed by atoms with Crippen molar-refractivity contribution < 1.29 is 9.84 Å². The number of benzene rings is 1. The molecule has 0 spiro atoms. The maximum absolute atomic E-state index is 9.42. The van der Waals surface area contributed by atoms with Gasteiger partial charge in [-0.15, -0.1) is 0 Å². The van der Waals surface area contributed by atoms with Gasteiger partial charge in [0.05, 0.1) is 6.61 Å². The summed E-state index contributed by atoms with van der Waals surface area (Å²) in [5.74, 6) is 1.33. The molecule has 0 fully saturated rings. The Morgan fingerprint density at radius 3 is 2.48 bits per heavy atom. The summed E-state index contributed by atoms with van der Waals surface area (Å²) in [4.78, 5) is 0. The number of ether oxygens (including phenoxy) is 1. The minimum Gasteiger partial charge on any atom is -0.494 e. The van der Waals surface area contributed by atoms with E-state index in [4.69, 9.17) is 22.1 Å². The summed E-state index contributed by atoms with van der Waals surface area (Å²) >= 11 is 6.43. The Kier molecular flexibility index (Phi) is 7.50. The van der Waals surface area contributed by atoms with Gasteiger partial charge in [0.1, 0.15) is 5.75 Å². The lowest BCUT2D eigenvalue weighted by Gasteiger charge is -2.25. The van der Waals surface area contributed by atoms with E-state index in [0.717, 1.165) is 34.7 Å². The third-order valence-electron chi connectivity index (χ3n) is 4.10. The van der Waals surface area contributed by atoms with Crippen molar-refractivity contribution in [1.82, 2.24) is 0 Å². The van der Waals surface area contributed by atoms with Gasteiger partial charge in [-0.3, -0.25) is 0 Å². The second kappa shape index (κ2) is 8.62.